The fraction of sp³-hybridized carbons (Fsp3) is 0.0833. The number of benzene rings is 3. The van der Waals surface area contributed by atoms with E-state index in [-0.39, 0.29) is 0 Å². The van der Waals surface area contributed by atoms with Crippen LogP contribution in [0.4, 0.5) is 0 Å². The molecule has 0 bridgehead atoms. The number of rotatable bonds is 2. The molecule has 1 aliphatic carbocycles. The predicted octanol–water partition coefficient (Wildman–Crippen LogP) is 5.69. The normalized spacial score (nSPS) is 11.9. The van der Waals surface area contributed by atoms with Crippen LogP contribution in [0, 0.1) is 6.92 Å². The van der Waals surface area contributed by atoms with E-state index in [4.69, 9.17) is 9.97 Å². The van der Waals surface area contributed by atoms with Gasteiger partial charge in [-0.2, -0.15) is 0 Å². The van der Waals surface area contributed by atoms with Gasteiger partial charge in [-0.3, -0.25) is 0 Å². The molecule has 0 unspecified atom stereocenters. The van der Waals surface area contributed by atoms with Crippen molar-refractivity contribution in [1.82, 2.24) is 9.97 Å². The van der Waals surface area contributed by atoms with Gasteiger partial charge >= 0.3 is 0 Å². The second-order valence-corrected chi connectivity index (χ2v) is 6.79. The maximum atomic E-state index is 4.98. The van der Waals surface area contributed by atoms with Crippen LogP contribution < -0.4 is 0 Å². The molecule has 124 valence electrons. The highest BCUT2D eigenvalue weighted by molar-refractivity contribution is 5.82. The van der Waals surface area contributed by atoms with Gasteiger partial charge in [0.05, 0.1) is 11.4 Å². The van der Waals surface area contributed by atoms with E-state index in [9.17, 15) is 0 Å². The summed E-state index contributed by atoms with van der Waals surface area (Å²) >= 11 is 0. The van der Waals surface area contributed by atoms with Crippen LogP contribution in [0.3, 0.4) is 0 Å². The fourth-order valence-corrected chi connectivity index (χ4v) is 3.72. The van der Waals surface area contributed by atoms with Crippen LogP contribution in [0.5, 0.6) is 0 Å². The van der Waals surface area contributed by atoms with Crippen molar-refractivity contribution in [2.75, 3.05) is 0 Å². The Morgan fingerprint density at radius 1 is 0.692 bits per heavy atom. The van der Waals surface area contributed by atoms with Crippen molar-refractivity contribution in [2.24, 2.45) is 0 Å². The Balaban J connectivity index is 1.79. The second-order valence-electron chi connectivity index (χ2n) is 6.79. The molecular weight excluding hydrogens is 316 g/mol. The van der Waals surface area contributed by atoms with Crippen molar-refractivity contribution in [3.63, 3.8) is 0 Å². The number of aryl methyl sites for hydroxylation is 1. The van der Waals surface area contributed by atoms with Crippen LogP contribution >= 0.6 is 0 Å². The zero-order valence-electron chi connectivity index (χ0n) is 14.6. The number of nitrogens with zero attached hydrogens (tertiary/aromatic N) is 2. The van der Waals surface area contributed by atoms with E-state index in [1.54, 1.807) is 0 Å². The van der Waals surface area contributed by atoms with Gasteiger partial charge in [0.2, 0.25) is 0 Å². The first-order valence-corrected chi connectivity index (χ1v) is 8.91. The van der Waals surface area contributed by atoms with Crippen LogP contribution in [0.1, 0.15) is 16.7 Å². The van der Waals surface area contributed by atoms with Crippen molar-refractivity contribution in [3.05, 3.63) is 95.6 Å². The first kappa shape index (κ1) is 15.0. The standard InChI is InChI=1S/C24H18N2/c1-16-12-13-20-19(14-16)15-21-22(17-8-4-2-5-9-17)25-24(26-23(20)21)18-10-6-3-7-11-18/h2-14H,15H2,1H3. The molecule has 1 aromatic heterocycles. The molecule has 0 radical (unpaired) electrons. The Morgan fingerprint density at radius 3 is 2.08 bits per heavy atom. The lowest BCUT2D eigenvalue weighted by Gasteiger charge is -2.11. The zero-order chi connectivity index (χ0) is 17.5. The summed E-state index contributed by atoms with van der Waals surface area (Å²) in [7, 11) is 0. The SMILES string of the molecule is Cc1ccc2c(c1)Cc1c(-c3ccccc3)nc(-c3ccccc3)nc1-2. The van der Waals surface area contributed by atoms with Crippen molar-refractivity contribution in [2.45, 2.75) is 13.3 Å². The van der Waals surface area contributed by atoms with Crippen LogP contribution in [-0.2, 0) is 6.42 Å². The summed E-state index contributed by atoms with van der Waals surface area (Å²) in [6.45, 7) is 2.14. The van der Waals surface area contributed by atoms with E-state index in [0.29, 0.717) is 0 Å². The monoisotopic (exact) mass is 334 g/mol. The summed E-state index contributed by atoms with van der Waals surface area (Å²) in [5.74, 6) is 0.789. The molecule has 0 spiro atoms. The van der Waals surface area contributed by atoms with E-state index in [1.165, 1.54) is 22.3 Å². The van der Waals surface area contributed by atoms with E-state index >= 15 is 0 Å². The topological polar surface area (TPSA) is 25.8 Å². The van der Waals surface area contributed by atoms with E-state index < -0.39 is 0 Å². The van der Waals surface area contributed by atoms with Gasteiger partial charge in [0.1, 0.15) is 0 Å². The van der Waals surface area contributed by atoms with Crippen LogP contribution in [0.2, 0.25) is 0 Å². The molecule has 1 aliphatic rings. The Morgan fingerprint density at radius 2 is 1.35 bits per heavy atom. The number of fused-ring (bicyclic) bond motifs is 3. The van der Waals surface area contributed by atoms with E-state index in [0.717, 1.165) is 34.8 Å². The molecular formula is C24H18N2. The van der Waals surface area contributed by atoms with Crippen LogP contribution in [-0.4, -0.2) is 9.97 Å². The quantitative estimate of drug-likeness (QED) is 0.414. The van der Waals surface area contributed by atoms with Crippen molar-refractivity contribution < 1.29 is 0 Å². The van der Waals surface area contributed by atoms with Gasteiger partial charge in [-0.1, -0.05) is 84.4 Å². The van der Waals surface area contributed by atoms with Crippen LogP contribution in [0.25, 0.3) is 33.9 Å². The Labute approximate surface area is 153 Å². The average molecular weight is 334 g/mol. The van der Waals surface area contributed by atoms with Gasteiger partial charge in [-0.25, -0.2) is 9.97 Å². The second kappa shape index (κ2) is 5.92. The molecule has 0 aliphatic heterocycles. The molecule has 0 amide bonds. The third-order valence-corrected chi connectivity index (χ3v) is 4.97. The van der Waals surface area contributed by atoms with Gasteiger partial charge in [0.15, 0.2) is 5.82 Å². The van der Waals surface area contributed by atoms with Crippen molar-refractivity contribution in [3.8, 4) is 33.9 Å². The Hall–Kier alpha value is -3.26. The highest BCUT2D eigenvalue weighted by Crippen LogP contribution is 2.41. The molecule has 2 nitrogen and oxygen atoms in total. The minimum atomic E-state index is 0.789. The first-order valence-electron chi connectivity index (χ1n) is 8.91. The largest absolute Gasteiger partial charge is 0.228 e. The molecule has 2 heteroatoms. The zero-order valence-corrected chi connectivity index (χ0v) is 14.6. The molecule has 4 aromatic rings. The lowest BCUT2D eigenvalue weighted by molar-refractivity contribution is 1.13. The molecule has 26 heavy (non-hydrogen) atoms. The molecule has 0 atom stereocenters. The number of aromatic nitrogens is 2. The summed E-state index contributed by atoms with van der Waals surface area (Å²) in [4.78, 5) is 9.95. The molecule has 1 heterocycles. The van der Waals surface area contributed by atoms with Gasteiger partial charge < -0.3 is 0 Å². The summed E-state index contributed by atoms with van der Waals surface area (Å²) in [5, 5.41) is 0. The summed E-state index contributed by atoms with van der Waals surface area (Å²) in [5.41, 5.74) is 9.42. The van der Waals surface area contributed by atoms with Crippen LogP contribution in [0.15, 0.2) is 78.9 Å². The maximum Gasteiger partial charge on any atom is 0.160 e. The number of hydrogen-bond acceptors (Lipinski definition) is 2. The average Bonchev–Trinajstić information content (AvgIpc) is 3.06. The summed E-state index contributed by atoms with van der Waals surface area (Å²) in [6.07, 6.45) is 0.894. The minimum absolute atomic E-state index is 0.789. The van der Waals surface area contributed by atoms with E-state index in [2.05, 4.69) is 61.5 Å². The first-order chi connectivity index (χ1) is 12.8. The van der Waals surface area contributed by atoms with Gasteiger partial charge in [0.25, 0.3) is 0 Å². The molecule has 0 N–H and O–H groups in total. The summed E-state index contributed by atoms with van der Waals surface area (Å²) < 4.78 is 0. The highest BCUT2D eigenvalue weighted by atomic mass is 14.9. The number of hydrogen-bond donors (Lipinski definition) is 0. The third kappa shape index (κ3) is 2.42. The van der Waals surface area contributed by atoms with Crippen molar-refractivity contribution >= 4 is 0 Å². The lowest BCUT2D eigenvalue weighted by Crippen LogP contribution is -1.99. The van der Waals surface area contributed by atoms with Crippen molar-refractivity contribution in [1.29, 1.82) is 0 Å². The van der Waals surface area contributed by atoms with Gasteiger partial charge in [0, 0.05) is 28.7 Å². The predicted molar refractivity (Wildman–Crippen MR) is 106 cm³/mol. The molecule has 5 rings (SSSR count). The molecule has 3 aromatic carbocycles. The van der Waals surface area contributed by atoms with E-state index in [1.807, 2.05) is 24.3 Å². The third-order valence-electron chi connectivity index (χ3n) is 4.97. The van der Waals surface area contributed by atoms with Gasteiger partial charge in [-0.05, 0) is 12.5 Å². The lowest BCUT2D eigenvalue weighted by atomic mass is 10.0. The Kier molecular flexibility index (Phi) is 3.42. The minimum Gasteiger partial charge on any atom is -0.228 e. The molecule has 0 fully saturated rings. The summed E-state index contributed by atoms with van der Waals surface area (Å²) in [6, 6.07) is 27.3. The Bertz CT molecular complexity index is 1100. The maximum absolute atomic E-state index is 4.98. The molecule has 0 saturated heterocycles. The van der Waals surface area contributed by atoms with Gasteiger partial charge in [-0.15, -0.1) is 0 Å². The fourth-order valence-electron chi connectivity index (χ4n) is 3.72. The highest BCUT2D eigenvalue weighted by Gasteiger charge is 2.25. The molecule has 0 saturated carbocycles. The smallest absolute Gasteiger partial charge is 0.160 e.